The molecule has 0 saturated carbocycles. The van der Waals surface area contributed by atoms with E-state index in [4.69, 9.17) is 4.74 Å². The normalized spacial score (nSPS) is 35.9. The fraction of sp³-hybridized carbons (Fsp3) is 0.647. The maximum absolute atomic E-state index is 5.75. The smallest absolute Gasteiger partial charge is 0.0647 e. The van der Waals surface area contributed by atoms with Crippen LogP contribution in [0.5, 0.6) is 0 Å². The van der Waals surface area contributed by atoms with Crippen LogP contribution in [0.1, 0.15) is 32.3 Å². The van der Waals surface area contributed by atoms with Crippen LogP contribution in [0.3, 0.4) is 0 Å². The van der Waals surface area contributed by atoms with Gasteiger partial charge in [-0.25, -0.2) is 0 Å². The van der Waals surface area contributed by atoms with Gasteiger partial charge in [-0.05, 0) is 32.3 Å². The number of hydrogen-bond acceptors (Lipinski definition) is 3. The van der Waals surface area contributed by atoms with E-state index in [1.54, 1.807) is 0 Å². The summed E-state index contributed by atoms with van der Waals surface area (Å²) in [4.78, 5) is 2.63. The Morgan fingerprint density at radius 2 is 2.00 bits per heavy atom. The Morgan fingerprint density at radius 1 is 1.20 bits per heavy atom. The Balaban J connectivity index is 1.79. The molecule has 2 unspecified atom stereocenters. The lowest BCUT2D eigenvalue weighted by atomic mass is 9.85. The Bertz CT molecular complexity index is 442. The third-order valence-electron chi connectivity index (χ3n) is 5.00. The molecule has 1 aromatic carbocycles. The van der Waals surface area contributed by atoms with Crippen LogP contribution < -0.4 is 5.32 Å². The lowest BCUT2D eigenvalue weighted by molar-refractivity contribution is -0.0593. The number of benzene rings is 1. The Kier molecular flexibility index (Phi) is 3.85. The van der Waals surface area contributed by atoms with Gasteiger partial charge in [-0.2, -0.15) is 0 Å². The van der Waals surface area contributed by atoms with E-state index < -0.39 is 0 Å². The number of nitrogens with one attached hydrogen (secondary N) is 1. The van der Waals surface area contributed by atoms with Gasteiger partial charge in [0.25, 0.3) is 0 Å². The van der Waals surface area contributed by atoms with Gasteiger partial charge in [0.15, 0.2) is 0 Å². The Labute approximate surface area is 122 Å². The molecule has 2 saturated heterocycles. The molecule has 2 aliphatic heterocycles. The summed E-state index contributed by atoms with van der Waals surface area (Å²) in [5.41, 5.74) is 1.63. The van der Waals surface area contributed by atoms with Crippen molar-refractivity contribution in [1.29, 1.82) is 0 Å². The van der Waals surface area contributed by atoms with Gasteiger partial charge < -0.3 is 10.1 Å². The van der Waals surface area contributed by atoms with Crippen LogP contribution >= 0.6 is 0 Å². The third kappa shape index (κ3) is 2.62. The summed E-state index contributed by atoms with van der Waals surface area (Å²) in [5.74, 6) is 0. The van der Waals surface area contributed by atoms with E-state index in [0.717, 1.165) is 32.8 Å². The van der Waals surface area contributed by atoms with Gasteiger partial charge in [0.2, 0.25) is 0 Å². The van der Waals surface area contributed by atoms with Gasteiger partial charge in [-0.15, -0.1) is 0 Å². The average molecular weight is 274 g/mol. The van der Waals surface area contributed by atoms with Gasteiger partial charge >= 0.3 is 0 Å². The molecule has 2 heterocycles. The van der Waals surface area contributed by atoms with Gasteiger partial charge in [0, 0.05) is 31.8 Å². The summed E-state index contributed by atoms with van der Waals surface area (Å²) < 4.78 is 5.75. The zero-order chi connectivity index (χ0) is 14.1. The maximum Gasteiger partial charge on any atom is 0.0647 e. The molecule has 2 aliphatic rings. The van der Waals surface area contributed by atoms with Gasteiger partial charge in [0.05, 0.1) is 12.1 Å². The van der Waals surface area contributed by atoms with E-state index in [-0.39, 0.29) is 11.1 Å². The minimum absolute atomic E-state index is 0.0416. The van der Waals surface area contributed by atoms with Crippen molar-refractivity contribution < 1.29 is 4.74 Å². The fourth-order valence-electron chi connectivity index (χ4n) is 3.61. The SMILES string of the molecule is CC1(c2ccccc2)CN(C2(C)CCCOC2)CCN1. The van der Waals surface area contributed by atoms with Crippen LogP contribution in [-0.2, 0) is 10.3 Å². The van der Waals surface area contributed by atoms with Crippen molar-refractivity contribution in [2.24, 2.45) is 0 Å². The Hall–Kier alpha value is -0.900. The highest BCUT2D eigenvalue weighted by Gasteiger charge is 2.41. The first-order chi connectivity index (χ1) is 9.62. The molecule has 0 aliphatic carbocycles. The third-order valence-corrected chi connectivity index (χ3v) is 5.00. The standard InChI is InChI=1S/C17H26N2O/c1-16(9-6-12-20-14-16)19-11-10-18-17(2,13-19)15-7-4-3-5-8-15/h3-5,7-8,18H,6,9-14H2,1-2H3. The molecule has 0 bridgehead atoms. The summed E-state index contributed by atoms with van der Waals surface area (Å²) in [5, 5.41) is 3.72. The van der Waals surface area contributed by atoms with Crippen molar-refractivity contribution >= 4 is 0 Å². The second kappa shape index (κ2) is 5.47. The molecule has 2 atom stereocenters. The predicted molar refractivity (Wildman–Crippen MR) is 81.8 cm³/mol. The van der Waals surface area contributed by atoms with E-state index in [9.17, 15) is 0 Å². The molecule has 0 aromatic heterocycles. The first kappa shape index (κ1) is 14.1. The molecule has 3 heteroatoms. The molecule has 20 heavy (non-hydrogen) atoms. The first-order valence-electron chi connectivity index (χ1n) is 7.76. The first-order valence-corrected chi connectivity index (χ1v) is 7.76. The largest absolute Gasteiger partial charge is 0.380 e. The molecular weight excluding hydrogens is 248 g/mol. The molecule has 3 rings (SSSR count). The van der Waals surface area contributed by atoms with Gasteiger partial charge in [0.1, 0.15) is 0 Å². The lowest BCUT2D eigenvalue weighted by Crippen LogP contribution is -2.64. The second-order valence-electron chi connectivity index (χ2n) is 6.70. The highest BCUT2D eigenvalue weighted by Crippen LogP contribution is 2.32. The van der Waals surface area contributed by atoms with E-state index in [1.807, 2.05) is 0 Å². The molecule has 0 amide bonds. The van der Waals surface area contributed by atoms with Crippen molar-refractivity contribution in [2.75, 3.05) is 32.8 Å². The number of ether oxygens (including phenoxy) is 1. The van der Waals surface area contributed by atoms with E-state index in [2.05, 4.69) is 54.4 Å². The summed E-state index contributed by atoms with van der Waals surface area (Å²) in [6.07, 6.45) is 2.43. The Morgan fingerprint density at radius 3 is 2.70 bits per heavy atom. The van der Waals surface area contributed by atoms with Crippen molar-refractivity contribution in [3.05, 3.63) is 35.9 Å². The number of rotatable bonds is 2. The van der Waals surface area contributed by atoms with E-state index >= 15 is 0 Å². The van der Waals surface area contributed by atoms with Crippen molar-refractivity contribution in [2.45, 2.75) is 37.8 Å². The molecule has 0 radical (unpaired) electrons. The average Bonchev–Trinajstić information content (AvgIpc) is 2.49. The lowest BCUT2D eigenvalue weighted by Gasteiger charge is -2.51. The van der Waals surface area contributed by atoms with Crippen molar-refractivity contribution in [3.8, 4) is 0 Å². The molecule has 1 N–H and O–H groups in total. The van der Waals surface area contributed by atoms with E-state index in [1.165, 1.54) is 18.4 Å². The van der Waals surface area contributed by atoms with Crippen LogP contribution in [-0.4, -0.2) is 43.3 Å². The van der Waals surface area contributed by atoms with Gasteiger partial charge in [-0.1, -0.05) is 30.3 Å². The highest BCUT2D eigenvalue weighted by molar-refractivity contribution is 5.25. The van der Waals surface area contributed by atoms with Crippen molar-refractivity contribution in [3.63, 3.8) is 0 Å². The molecule has 0 spiro atoms. The van der Waals surface area contributed by atoms with E-state index in [0.29, 0.717) is 0 Å². The highest BCUT2D eigenvalue weighted by atomic mass is 16.5. The molecule has 3 nitrogen and oxygen atoms in total. The zero-order valence-electron chi connectivity index (χ0n) is 12.7. The van der Waals surface area contributed by atoms with Crippen molar-refractivity contribution in [1.82, 2.24) is 10.2 Å². The molecule has 110 valence electrons. The second-order valence-corrected chi connectivity index (χ2v) is 6.70. The summed E-state index contributed by atoms with van der Waals surface area (Å²) in [6.45, 7) is 9.69. The fourth-order valence-corrected chi connectivity index (χ4v) is 3.61. The maximum atomic E-state index is 5.75. The molecule has 2 fully saturated rings. The monoisotopic (exact) mass is 274 g/mol. The number of piperazine rings is 1. The number of hydrogen-bond donors (Lipinski definition) is 1. The van der Waals surface area contributed by atoms with Crippen LogP contribution in [0.15, 0.2) is 30.3 Å². The zero-order valence-corrected chi connectivity index (χ0v) is 12.7. The summed E-state index contributed by atoms with van der Waals surface area (Å²) in [6, 6.07) is 10.8. The molecular formula is C17H26N2O. The quantitative estimate of drug-likeness (QED) is 0.896. The van der Waals surface area contributed by atoms with Gasteiger partial charge in [-0.3, -0.25) is 4.90 Å². The van der Waals surface area contributed by atoms with Crippen LogP contribution in [0, 0.1) is 0 Å². The minimum atomic E-state index is 0.0416. The van der Waals surface area contributed by atoms with Crippen LogP contribution in [0.2, 0.25) is 0 Å². The van der Waals surface area contributed by atoms with Crippen LogP contribution in [0.25, 0.3) is 0 Å². The topological polar surface area (TPSA) is 24.5 Å². The number of nitrogens with zero attached hydrogens (tertiary/aromatic N) is 1. The molecule has 1 aromatic rings. The van der Waals surface area contributed by atoms with Crippen LogP contribution in [0.4, 0.5) is 0 Å². The summed E-state index contributed by atoms with van der Waals surface area (Å²) >= 11 is 0. The summed E-state index contributed by atoms with van der Waals surface area (Å²) in [7, 11) is 0. The predicted octanol–water partition coefficient (Wildman–Crippen LogP) is 2.38. The minimum Gasteiger partial charge on any atom is -0.380 e.